The third-order valence-corrected chi connectivity index (χ3v) is 4.27. The van der Waals surface area contributed by atoms with Gasteiger partial charge in [-0.3, -0.25) is 4.79 Å². The summed E-state index contributed by atoms with van der Waals surface area (Å²) in [6, 6.07) is 14.4. The van der Waals surface area contributed by atoms with E-state index in [9.17, 15) is 4.79 Å². The number of carbonyl (C=O) groups excluding carboxylic acids is 1. The lowest BCUT2D eigenvalue weighted by Gasteiger charge is -2.08. The minimum Gasteiger partial charge on any atom is -0.494 e. The number of ether oxygens (including phenoxy) is 1. The number of rotatable bonds is 7. The van der Waals surface area contributed by atoms with E-state index >= 15 is 0 Å². The van der Waals surface area contributed by atoms with Crippen LogP contribution >= 0.6 is 0 Å². The van der Waals surface area contributed by atoms with Crippen molar-refractivity contribution in [1.82, 2.24) is 10.6 Å². The van der Waals surface area contributed by atoms with Crippen LogP contribution in [0.5, 0.6) is 5.75 Å². The van der Waals surface area contributed by atoms with Crippen LogP contribution in [0.15, 0.2) is 42.5 Å². The molecule has 0 bridgehead atoms. The van der Waals surface area contributed by atoms with Gasteiger partial charge < -0.3 is 15.4 Å². The summed E-state index contributed by atoms with van der Waals surface area (Å²) in [6.07, 6.45) is 1.24. The highest BCUT2D eigenvalue weighted by molar-refractivity contribution is 5.76. The van der Waals surface area contributed by atoms with Gasteiger partial charge in [-0.15, -0.1) is 0 Å². The van der Waals surface area contributed by atoms with Gasteiger partial charge in [-0.2, -0.15) is 0 Å². The van der Waals surface area contributed by atoms with Gasteiger partial charge >= 0.3 is 0 Å². The first kappa shape index (κ1) is 16.5. The molecule has 126 valence electrons. The zero-order valence-electron chi connectivity index (χ0n) is 14.1. The summed E-state index contributed by atoms with van der Waals surface area (Å²) in [5, 5.41) is 6.34. The molecular weight excluding hydrogens is 300 g/mol. The van der Waals surface area contributed by atoms with E-state index < -0.39 is 0 Å². The molecule has 1 heterocycles. The lowest BCUT2D eigenvalue weighted by Crippen LogP contribution is -2.23. The fraction of sp³-hybridized carbons (Fsp3) is 0.350. The Morgan fingerprint density at radius 2 is 1.83 bits per heavy atom. The quantitative estimate of drug-likeness (QED) is 0.823. The Labute approximate surface area is 143 Å². The van der Waals surface area contributed by atoms with Crippen LogP contribution in [0.2, 0.25) is 0 Å². The molecule has 0 radical (unpaired) electrons. The minimum absolute atomic E-state index is 0.0857. The van der Waals surface area contributed by atoms with Crippen LogP contribution < -0.4 is 15.4 Å². The van der Waals surface area contributed by atoms with Crippen LogP contribution in [0, 0.1) is 0 Å². The summed E-state index contributed by atoms with van der Waals surface area (Å²) in [6.45, 7) is 5.10. The maximum Gasteiger partial charge on any atom is 0.220 e. The molecule has 24 heavy (non-hydrogen) atoms. The van der Waals surface area contributed by atoms with Crippen LogP contribution in [-0.4, -0.2) is 12.5 Å². The summed E-state index contributed by atoms with van der Waals surface area (Å²) in [5.41, 5.74) is 5.01. The number of nitrogens with one attached hydrogen (secondary N) is 2. The van der Waals surface area contributed by atoms with Crippen molar-refractivity contribution in [1.29, 1.82) is 0 Å². The number of fused-ring (bicyclic) bond motifs is 1. The fourth-order valence-electron chi connectivity index (χ4n) is 2.92. The third-order valence-electron chi connectivity index (χ3n) is 4.27. The molecule has 1 aliphatic heterocycles. The molecule has 0 unspecified atom stereocenters. The van der Waals surface area contributed by atoms with Crippen molar-refractivity contribution in [2.45, 2.75) is 39.4 Å². The van der Waals surface area contributed by atoms with E-state index in [4.69, 9.17) is 4.74 Å². The predicted octanol–water partition coefficient (Wildman–Crippen LogP) is 2.94. The molecule has 3 rings (SSSR count). The minimum atomic E-state index is 0.0857. The molecule has 0 saturated heterocycles. The SMILES string of the molecule is CCOc1ccc(CCC(=O)NCc2ccc3c(c2)CNC3)cc1. The van der Waals surface area contributed by atoms with Gasteiger partial charge in [0.1, 0.15) is 5.75 Å². The van der Waals surface area contributed by atoms with E-state index in [1.165, 1.54) is 11.1 Å². The van der Waals surface area contributed by atoms with Gasteiger partial charge in [-0.25, -0.2) is 0 Å². The Morgan fingerprint density at radius 3 is 2.62 bits per heavy atom. The lowest BCUT2D eigenvalue weighted by molar-refractivity contribution is -0.121. The first-order valence-corrected chi connectivity index (χ1v) is 8.54. The molecule has 0 aliphatic carbocycles. The first-order valence-electron chi connectivity index (χ1n) is 8.54. The molecule has 0 saturated carbocycles. The van der Waals surface area contributed by atoms with Crippen LogP contribution in [0.3, 0.4) is 0 Å². The van der Waals surface area contributed by atoms with Crippen molar-refractivity contribution < 1.29 is 9.53 Å². The van der Waals surface area contributed by atoms with Gasteiger partial charge in [0.25, 0.3) is 0 Å². The van der Waals surface area contributed by atoms with Gasteiger partial charge in [0.05, 0.1) is 6.61 Å². The second kappa shape index (κ2) is 7.97. The van der Waals surface area contributed by atoms with E-state index in [0.29, 0.717) is 19.6 Å². The maximum absolute atomic E-state index is 12.0. The number of amides is 1. The first-order chi connectivity index (χ1) is 11.7. The van der Waals surface area contributed by atoms with Crippen molar-refractivity contribution in [3.05, 3.63) is 64.7 Å². The van der Waals surface area contributed by atoms with Crippen molar-refractivity contribution in [3.63, 3.8) is 0 Å². The average molecular weight is 324 g/mol. The molecular formula is C20H24N2O2. The normalized spacial score (nSPS) is 12.7. The van der Waals surface area contributed by atoms with Crippen LogP contribution in [0.25, 0.3) is 0 Å². The molecule has 1 amide bonds. The van der Waals surface area contributed by atoms with E-state index in [1.54, 1.807) is 0 Å². The Bertz CT molecular complexity index is 695. The van der Waals surface area contributed by atoms with E-state index in [0.717, 1.165) is 36.4 Å². The lowest BCUT2D eigenvalue weighted by atomic mass is 10.1. The number of aryl methyl sites for hydroxylation is 1. The molecule has 2 aromatic carbocycles. The smallest absolute Gasteiger partial charge is 0.220 e. The molecule has 4 nitrogen and oxygen atoms in total. The van der Waals surface area contributed by atoms with Gasteiger partial charge in [0.2, 0.25) is 5.91 Å². The molecule has 0 aromatic heterocycles. The van der Waals surface area contributed by atoms with Crippen molar-refractivity contribution in [2.75, 3.05) is 6.61 Å². The topological polar surface area (TPSA) is 50.4 Å². The van der Waals surface area contributed by atoms with E-state index in [1.807, 2.05) is 31.2 Å². The molecule has 1 aliphatic rings. The number of carbonyl (C=O) groups is 1. The molecule has 0 spiro atoms. The Hall–Kier alpha value is -2.33. The Balaban J connectivity index is 1.44. The summed E-state index contributed by atoms with van der Waals surface area (Å²) in [7, 11) is 0. The monoisotopic (exact) mass is 324 g/mol. The average Bonchev–Trinajstić information content (AvgIpc) is 3.07. The maximum atomic E-state index is 12.0. The molecule has 4 heteroatoms. The van der Waals surface area contributed by atoms with Crippen LogP contribution in [0.1, 0.15) is 35.6 Å². The summed E-state index contributed by atoms with van der Waals surface area (Å²) >= 11 is 0. The standard InChI is InChI=1S/C20H24N2O2/c1-2-24-19-8-4-15(5-9-19)6-10-20(23)22-12-16-3-7-17-13-21-14-18(17)11-16/h3-5,7-9,11,21H,2,6,10,12-14H2,1H3,(H,22,23). The zero-order chi connectivity index (χ0) is 16.8. The van der Waals surface area contributed by atoms with Crippen molar-refractivity contribution >= 4 is 5.91 Å². The van der Waals surface area contributed by atoms with Crippen molar-refractivity contribution in [2.24, 2.45) is 0 Å². The van der Waals surface area contributed by atoms with E-state index in [2.05, 4.69) is 28.8 Å². The molecule has 2 N–H and O–H groups in total. The van der Waals surface area contributed by atoms with Gasteiger partial charge in [-0.05, 0) is 47.7 Å². The summed E-state index contributed by atoms with van der Waals surface area (Å²) in [5.74, 6) is 0.958. The Kier molecular flexibility index (Phi) is 5.49. The van der Waals surface area contributed by atoms with Gasteiger partial charge in [0, 0.05) is 26.1 Å². The number of benzene rings is 2. The second-order valence-corrected chi connectivity index (χ2v) is 6.06. The van der Waals surface area contributed by atoms with Gasteiger partial charge in [0.15, 0.2) is 0 Å². The summed E-state index contributed by atoms with van der Waals surface area (Å²) in [4.78, 5) is 12.0. The fourth-order valence-corrected chi connectivity index (χ4v) is 2.92. The number of hydrogen-bond donors (Lipinski definition) is 2. The van der Waals surface area contributed by atoms with Gasteiger partial charge in [-0.1, -0.05) is 30.3 Å². The molecule has 0 atom stereocenters. The zero-order valence-corrected chi connectivity index (χ0v) is 14.1. The summed E-state index contributed by atoms with van der Waals surface area (Å²) < 4.78 is 5.42. The second-order valence-electron chi connectivity index (χ2n) is 6.06. The van der Waals surface area contributed by atoms with Crippen LogP contribution in [0.4, 0.5) is 0 Å². The van der Waals surface area contributed by atoms with Crippen molar-refractivity contribution in [3.8, 4) is 5.75 Å². The highest BCUT2D eigenvalue weighted by Crippen LogP contribution is 2.17. The third kappa shape index (κ3) is 4.36. The number of hydrogen-bond acceptors (Lipinski definition) is 3. The highest BCUT2D eigenvalue weighted by atomic mass is 16.5. The molecule has 2 aromatic rings. The molecule has 0 fully saturated rings. The van der Waals surface area contributed by atoms with Crippen LogP contribution in [-0.2, 0) is 30.8 Å². The van der Waals surface area contributed by atoms with E-state index in [-0.39, 0.29) is 5.91 Å². The Morgan fingerprint density at radius 1 is 1.08 bits per heavy atom. The predicted molar refractivity (Wildman–Crippen MR) is 94.8 cm³/mol. The highest BCUT2D eigenvalue weighted by Gasteiger charge is 2.10. The largest absolute Gasteiger partial charge is 0.494 e.